The van der Waals surface area contributed by atoms with Crippen LogP contribution in [0.2, 0.25) is 0 Å². The highest BCUT2D eigenvalue weighted by molar-refractivity contribution is 7.89. The van der Waals surface area contributed by atoms with Gasteiger partial charge in [0.05, 0.1) is 16.3 Å². The van der Waals surface area contributed by atoms with E-state index in [0.717, 1.165) is 22.3 Å². The summed E-state index contributed by atoms with van der Waals surface area (Å²) in [4.78, 5) is 0.526. The highest BCUT2D eigenvalue weighted by atomic mass is 32.2. The summed E-state index contributed by atoms with van der Waals surface area (Å²) < 4.78 is 56.2. The first kappa shape index (κ1) is 22.9. The lowest BCUT2D eigenvalue weighted by molar-refractivity contribution is 0.404. The Kier molecular flexibility index (Phi) is 6.16. The van der Waals surface area contributed by atoms with E-state index in [1.165, 1.54) is 8.61 Å². The highest BCUT2D eigenvalue weighted by Gasteiger charge is 2.35. The molecule has 1 N–H and O–H groups in total. The van der Waals surface area contributed by atoms with Crippen LogP contribution in [0.5, 0.6) is 0 Å². The zero-order valence-electron chi connectivity index (χ0n) is 18.4. The molecule has 8 nitrogen and oxygen atoms in total. The largest absolute Gasteiger partial charge is 0.281 e. The molecule has 2 heterocycles. The minimum Gasteiger partial charge on any atom is -0.281 e. The van der Waals surface area contributed by atoms with Gasteiger partial charge in [0.15, 0.2) is 0 Å². The zero-order chi connectivity index (χ0) is 22.4. The molecule has 0 spiro atoms. The lowest BCUT2D eigenvalue weighted by Crippen LogP contribution is -2.38. The Balaban J connectivity index is 1.93. The molecule has 30 heavy (non-hydrogen) atoms. The van der Waals surface area contributed by atoms with E-state index in [4.69, 9.17) is 0 Å². The summed E-state index contributed by atoms with van der Waals surface area (Å²) in [7, 11) is -7.49. The summed E-state index contributed by atoms with van der Waals surface area (Å²) in [5.41, 5.74) is 4.27. The third kappa shape index (κ3) is 3.81. The molecule has 1 fully saturated rings. The number of aryl methyl sites for hydroxylation is 4. The normalized spacial score (nSPS) is 17.3. The first-order valence-electron chi connectivity index (χ1n) is 9.98. The number of benzene rings is 1. The van der Waals surface area contributed by atoms with Crippen LogP contribution in [-0.4, -0.2) is 61.8 Å². The summed E-state index contributed by atoms with van der Waals surface area (Å²) in [6.07, 6.45) is 0.428. The Bertz CT molecular complexity index is 1140. The topological polar surface area (TPSA) is 103 Å². The molecular formula is C20H30N4O4S2. The molecule has 0 amide bonds. The summed E-state index contributed by atoms with van der Waals surface area (Å²) in [6.45, 7) is 11.6. The van der Waals surface area contributed by atoms with Gasteiger partial charge in [-0.1, -0.05) is 6.07 Å². The first-order valence-corrected chi connectivity index (χ1v) is 12.9. The smallest absolute Gasteiger partial charge is 0.246 e. The Morgan fingerprint density at radius 1 is 0.767 bits per heavy atom. The average molecular weight is 455 g/mol. The number of aromatic amines is 1. The number of sulfonamides is 2. The Labute approximate surface area is 179 Å². The van der Waals surface area contributed by atoms with Gasteiger partial charge in [-0.25, -0.2) is 16.8 Å². The van der Waals surface area contributed by atoms with E-state index in [2.05, 4.69) is 10.2 Å². The van der Waals surface area contributed by atoms with E-state index in [-0.39, 0.29) is 31.1 Å². The van der Waals surface area contributed by atoms with Crippen molar-refractivity contribution >= 4 is 20.0 Å². The maximum absolute atomic E-state index is 13.5. The molecule has 0 aliphatic carbocycles. The fraction of sp³-hybridized carbons (Fsp3) is 0.550. The molecular weight excluding hydrogens is 424 g/mol. The molecule has 0 unspecified atom stereocenters. The van der Waals surface area contributed by atoms with Gasteiger partial charge < -0.3 is 0 Å². The van der Waals surface area contributed by atoms with Crippen molar-refractivity contribution in [3.63, 3.8) is 0 Å². The molecule has 1 saturated heterocycles. The molecule has 166 valence electrons. The second kappa shape index (κ2) is 8.07. The maximum atomic E-state index is 13.5. The van der Waals surface area contributed by atoms with E-state index >= 15 is 0 Å². The van der Waals surface area contributed by atoms with Crippen LogP contribution in [0.25, 0.3) is 0 Å². The Morgan fingerprint density at radius 3 is 1.67 bits per heavy atom. The number of nitrogens with one attached hydrogen (secondary N) is 1. The molecule has 0 radical (unpaired) electrons. The molecule has 3 rings (SSSR count). The number of rotatable bonds is 4. The van der Waals surface area contributed by atoms with Crippen molar-refractivity contribution in [1.29, 1.82) is 0 Å². The minimum absolute atomic E-state index is 0.106. The number of aromatic nitrogens is 2. The SMILES string of the molecule is Cc1cc(C)c(C)c(S(=O)(=O)N2CCCN(S(=O)(=O)c3c(C)n[nH]c3C)CC2)c1C. The van der Waals surface area contributed by atoms with Gasteiger partial charge in [0.2, 0.25) is 20.0 Å². The molecule has 0 saturated carbocycles. The average Bonchev–Trinajstić information content (AvgIpc) is 2.85. The second-order valence-corrected chi connectivity index (χ2v) is 11.8. The van der Waals surface area contributed by atoms with Crippen LogP contribution in [0.1, 0.15) is 40.1 Å². The van der Waals surface area contributed by atoms with Crippen molar-refractivity contribution in [2.75, 3.05) is 26.2 Å². The number of nitrogens with zero attached hydrogens (tertiary/aromatic N) is 3. The highest BCUT2D eigenvalue weighted by Crippen LogP contribution is 2.30. The second-order valence-electron chi connectivity index (χ2n) is 8.01. The van der Waals surface area contributed by atoms with Crippen LogP contribution >= 0.6 is 0 Å². The van der Waals surface area contributed by atoms with E-state index in [9.17, 15) is 16.8 Å². The van der Waals surface area contributed by atoms with Gasteiger partial charge in [-0.05, 0) is 70.2 Å². The molecule has 10 heteroatoms. The molecule has 1 aromatic carbocycles. The lowest BCUT2D eigenvalue weighted by Gasteiger charge is -2.24. The Morgan fingerprint density at radius 2 is 1.23 bits per heavy atom. The number of hydrogen-bond donors (Lipinski definition) is 1. The predicted molar refractivity (Wildman–Crippen MR) is 116 cm³/mol. The molecule has 0 atom stereocenters. The van der Waals surface area contributed by atoms with E-state index in [1.54, 1.807) is 13.8 Å². The van der Waals surface area contributed by atoms with Gasteiger partial charge in [0.1, 0.15) is 4.90 Å². The molecule has 0 bridgehead atoms. The fourth-order valence-electron chi connectivity index (χ4n) is 4.10. The van der Waals surface area contributed by atoms with Gasteiger partial charge in [-0.2, -0.15) is 13.7 Å². The lowest BCUT2D eigenvalue weighted by atomic mass is 10.0. The quantitative estimate of drug-likeness (QED) is 0.764. The van der Waals surface area contributed by atoms with Gasteiger partial charge >= 0.3 is 0 Å². The third-order valence-corrected chi connectivity index (χ3v) is 10.3. The molecule has 1 aliphatic rings. The van der Waals surface area contributed by atoms with E-state index in [1.807, 2.05) is 33.8 Å². The van der Waals surface area contributed by atoms with Crippen molar-refractivity contribution in [3.8, 4) is 0 Å². The van der Waals surface area contributed by atoms with Crippen molar-refractivity contribution in [2.24, 2.45) is 0 Å². The minimum atomic E-state index is -3.75. The van der Waals surface area contributed by atoms with Crippen molar-refractivity contribution < 1.29 is 16.8 Å². The first-order chi connectivity index (χ1) is 13.9. The standard InChI is InChI=1S/C20H30N4O4S2/c1-13-12-14(2)16(4)19(15(13)3)29(25,26)23-8-7-9-24(11-10-23)30(27,28)20-17(5)21-22-18(20)6/h12H,7-11H2,1-6H3,(H,21,22). The van der Waals surface area contributed by atoms with E-state index < -0.39 is 20.0 Å². The van der Waals surface area contributed by atoms with Gasteiger partial charge in [-0.15, -0.1) is 0 Å². The van der Waals surface area contributed by atoms with E-state index in [0.29, 0.717) is 22.7 Å². The fourth-order valence-corrected chi connectivity index (χ4v) is 7.94. The van der Waals surface area contributed by atoms with Crippen molar-refractivity contribution in [1.82, 2.24) is 18.8 Å². The van der Waals surface area contributed by atoms with Gasteiger partial charge in [0.25, 0.3) is 0 Å². The van der Waals surface area contributed by atoms with Crippen molar-refractivity contribution in [2.45, 2.75) is 57.8 Å². The van der Waals surface area contributed by atoms with Gasteiger partial charge in [-0.3, -0.25) is 5.10 Å². The summed E-state index contributed by atoms with van der Waals surface area (Å²) in [5, 5.41) is 6.71. The van der Waals surface area contributed by atoms with Crippen LogP contribution < -0.4 is 0 Å². The number of H-pyrrole nitrogens is 1. The zero-order valence-corrected chi connectivity index (χ0v) is 20.0. The third-order valence-electron chi connectivity index (χ3n) is 5.97. The Hall–Kier alpha value is -1.75. The molecule has 1 aliphatic heterocycles. The maximum Gasteiger partial charge on any atom is 0.246 e. The van der Waals surface area contributed by atoms with Crippen LogP contribution in [-0.2, 0) is 20.0 Å². The molecule has 2 aromatic rings. The summed E-state index contributed by atoms with van der Waals surface area (Å²) in [6, 6.07) is 2.00. The summed E-state index contributed by atoms with van der Waals surface area (Å²) in [5.74, 6) is 0. The van der Waals surface area contributed by atoms with Crippen LogP contribution in [0.3, 0.4) is 0 Å². The molecule has 1 aromatic heterocycles. The monoisotopic (exact) mass is 454 g/mol. The van der Waals surface area contributed by atoms with Crippen LogP contribution in [0, 0.1) is 41.5 Å². The summed E-state index contributed by atoms with van der Waals surface area (Å²) >= 11 is 0. The van der Waals surface area contributed by atoms with Crippen LogP contribution in [0.4, 0.5) is 0 Å². The number of hydrogen-bond acceptors (Lipinski definition) is 5. The van der Waals surface area contributed by atoms with Crippen LogP contribution in [0.15, 0.2) is 15.9 Å². The van der Waals surface area contributed by atoms with Crippen molar-refractivity contribution in [3.05, 3.63) is 39.7 Å². The predicted octanol–water partition coefficient (Wildman–Crippen LogP) is 2.35. The van der Waals surface area contributed by atoms with Gasteiger partial charge in [0, 0.05) is 26.2 Å².